The van der Waals surface area contributed by atoms with Gasteiger partial charge in [-0.2, -0.15) is 5.10 Å². The third-order valence-electron chi connectivity index (χ3n) is 6.44. The van der Waals surface area contributed by atoms with Crippen LogP contribution in [0, 0.1) is 0 Å². The van der Waals surface area contributed by atoms with Crippen molar-refractivity contribution in [2.24, 2.45) is 7.05 Å². The normalized spacial score (nSPS) is 14.2. The molecule has 0 spiro atoms. The SMILES string of the molecule is CN(CCO)CCCn1nc(C2=C(c3cn(C)c4ccc(Cl)cc34)C(=O)NC2=O)c2ccccc21. The summed E-state index contributed by atoms with van der Waals surface area (Å²) in [6.45, 7) is 2.16. The minimum atomic E-state index is -0.456. The van der Waals surface area contributed by atoms with E-state index in [1.54, 1.807) is 6.07 Å². The first-order valence-corrected chi connectivity index (χ1v) is 11.9. The van der Waals surface area contributed by atoms with Crippen LogP contribution in [0.3, 0.4) is 0 Å². The van der Waals surface area contributed by atoms with Gasteiger partial charge in [0.25, 0.3) is 11.8 Å². The zero-order valence-corrected chi connectivity index (χ0v) is 20.3. The molecule has 0 saturated heterocycles. The van der Waals surface area contributed by atoms with Crippen LogP contribution in [0.25, 0.3) is 33.0 Å². The van der Waals surface area contributed by atoms with Gasteiger partial charge in [0, 0.05) is 53.2 Å². The molecule has 2 aromatic carbocycles. The molecule has 0 saturated carbocycles. The van der Waals surface area contributed by atoms with Crippen LogP contribution in [0.1, 0.15) is 17.7 Å². The van der Waals surface area contributed by atoms with E-state index in [0.717, 1.165) is 34.8 Å². The lowest BCUT2D eigenvalue weighted by Gasteiger charge is -2.14. The summed E-state index contributed by atoms with van der Waals surface area (Å²) in [5, 5.41) is 18.6. The van der Waals surface area contributed by atoms with E-state index < -0.39 is 11.8 Å². The fourth-order valence-corrected chi connectivity index (χ4v) is 4.93. The second kappa shape index (κ2) is 9.30. The smallest absolute Gasteiger partial charge is 0.261 e. The summed E-state index contributed by atoms with van der Waals surface area (Å²) < 4.78 is 3.80. The van der Waals surface area contributed by atoms with Crippen LogP contribution in [0.5, 0.6) is 0 Å². The van der Waals surface area contributed by atoms with Crippen molar-refractivity contribution >= 4 is 56.4 Å². The molecule has 2 amide bonds. The average molecular weight is 492 g/mol. The van der Waals surface area contributed by atoms with E-state index in [2.05, 4.69) is 10.2 Å². The molecule has 0 bridgehead atoms. The predicted molar refractivity (Wildman–Crippen MR) is 137 cm³/mol. The van der Waals surface area contributed by atoms with E-state index in [4.69, 9.17) is 21.8 Å². The van der Waals surface area contributed by atoms with Crippen LogP contribution >= 0.6 is 11.6 Å². The number of rotatable bonds is 8. The Labute approximate surface area is 207 Å². The van der Waals surface area contributed by atoms with Crippen LogP contribution in [0.2, 0.25) is 5.02 Å². The maximum Gasteiger partial charge on any atom is 0.261 e. The molecule has 2 aromatic heterocycles. The molecule has 0 radical (unpaired) electrons. The number of imide groups is 1. The highest BCUT2D eigenvalue weighted by atomic mass is 35.5. The van der Waals surface area contributed by atoms with Crippen molar-refractivity contribution in [1.82, 2.24) is 24.6 Å². The Hall–Kier alpha value is -3.46. The number of carbonyl (C=O) groups is 2. The highest BCUT2D eigenvalue weighted by molar-refractivity contribution is 6.50. The van der Waals surface area contributed by atoms with Gasteiger partial charge in [-0.3, -0.25) is 19.6 Å². The molecule has 1 aliphatic heterocycles. The highest BCUT2D eigenvalue weighted by Crippen LogP contribution is 2.38. The summed E-state index contributed by atoms with van der Waals surface area (Å²) in [4.78, 5) is 28.2. The number of carbonyl (C=O) groups excluding carboxylic acids is 2. The van der Waals surface area contributed by atoms with Crippen molar-refractivity contribution in [1.29, 1.82) is 0 Å². The van der Waals surface area contributed by atoms with Gasteiger partial charge in [-0.1, -0.05) is 29.8 Å². The number of aliphatic hydroxyl groups excluding tert-OH is 1. The first-order chi connectivity index (χ1) is 16.9. The summed E-state index contributed by atoms with van der Waals surface area (Å²) in [5.41, 5.74) is 3.52. The van der Waals surface area contributed by atoms with Gasteiger partial charge < -0.3 is 14.6 Å². The van der Waals surface area contributed by atoms with Crippen LogP contribution < -0.4 is 5.32 Å². The zero-order valence-electron chi connectivity index (χ0n) is 19.6. The van der Waals surface area contributed by atoms with E-state index in [1.165, 1.54) is 0 Å². The minimum absolute atomic E-state index is 0.116. The summed E-state index contributed by atoms with van der Waals surface area (Å²) >= 11 is 6.27. The van der Waals surface area contributed by atoms with Gasteiger partial charge in [0.05, 0.1) is 23.3 Å². The van der Waals surface area contributed by atoms with E-state index in [0.29, 0.717) is 34.9 Å². The van der Waals surface area contributed by atoms with Gasteiger partial charge in [0.15, 0.2) is 0 Å². The second-order valence-corrected chi connectivity index (χ2v) is 9.25. The van der Waals surface area contributed by atoms with Crippen LogP contribution in [0.15, 0.2) is 48.7 Å². The minimum Gasteiger partial charge on any atom is -0.395 e. The van der Waals surface area contributed by atoms with Gasteiger partial charge in [0.1, 0.15) is 5.69 Å². The van der Waals surface area contributed by atoms with Crippen molar-refractivity contribution in [2.45, 2.75) is 13.0 Å². The number of benzene rings is 2. The molecule has 5 rings (SSSR count). The topological polar surface area (TPSA) is 92.4 Å². The fourth-order valence-electron chi connectivity index (χ4n) is 4.76. The lowest BCUT2D eigenvalue weighted by molar-refractivity contribution is -0.122. The Morgan fingerprint density at radius 1 is 1.03 bits per heavy atom. The maximum atomic E-state index is 13.1. The number of aliphatic hydroxyl groups is 1. The van der Waals surface area contributed by atoms with Crippen LogP contribution in [-0.2, 0) is 23.2 Å². The Morgan fingerprint density at radius 2 is 1.80 bits per heavy atom. The fraction of sp³-hybridized carbons (Fsp3) is 0.269. The second-order valence-electron chi connectivity index (χ2n) is 8.82. The van der Waals surface area contributed by atoms with Crippen molar-refractivity contribution in [2.75, 3.05) is 26.7 Å². The predicted octanol–water partition coefficient (Wildman–Crippen LogP) is 3.06. The molecule has 4 aromatic rings. The first-order valence-electron chi connectivity index (χ1n) is 11.5. The largest absolute Gasteiger partial charge is 0.395 e. The number of nitrogens with one attached hydrogen (secondary N) is 1. The number of halogens is 1. The molecular formula is C26H26ClN5O3. The Bertz CT molecular complexity index is 1500. The Balaban J connectivity index is 1.65. The number of likely N-dealkylation sites (N-methyl/N-ethyl adjacent to an activating group) is 1. The van der Waals surface area contributed by atoms with E-state index in [1.807, 2.05) is 65.9 Å². The number of aryl methyl sites for hydroxylation is 2. The molecule has 180 valence electrons. The molecule has 8 nitrogen and oxygen atoms in total. The summed E-state index contributed by atoms with van der Waals surface area (Å²) in [6.07, 6.45) is 2.67. The van der Waals surface area contributed by atoms with Gasteiger partial charge in [-0.25, -0.2) is 0 Å². The molecule has 3 heterocycles. The van der Waals surface area contributed by atoms with E-state index in [-0.39, 0.29) is 12.2 Å². The van der Waals surface area contributed by atoms with Crippen molar-refractivity contribution < 1.29 is 14.7 Å². The third kappa shape index (κ3) is 4.14. The molecule has 0 unspecified atom stereocenters. The average Bonchev–Trinajstić information content (AvgIpc) is 3.44. The monoisotopic (exact) mass is 491 g/mol. The molecule has 0 fully saturated rings. The van der Waals surface area contributed by atoms with Gasteiger partial charge in [0.2, 0.25) is 0 Å². The van der Waals surface area contributed by atoms with Crippen LogP contribution in [0.4, 0.5) is 0 Å². The highest BCUT2D eigenvalue weighted by Gasteiger charge is 2.36. The quantitative estimate of drug-likeness (QED) is 0.370. The summed E-state index contributed by atoms with van der Waals surface area (Å²) in [5.74, 6) is -0.899. The molecule has 35 heavy (non-hydrogen) atoms. The lowest BCUT2D eigenvalue weighted by atomic mass is 9.97. The van der Waals surface area contributed by atoms with Gasteiger partial charge in [-0.05, 0) is 44.3 Å². The maximum absolute atomic E-state index is 13.1. The standard InChI is InChI=1S/C26H26ClN5O3/c1-30(12-13-33)10-5-11-32-21-7-4-3-6-17(21)24(29-32)23-22(25(34)28-26(23)35)19-15-31(2)20-9-8-16(27)14-18(19)20/h3-4,6-9,14-15,33H,5,10-13H2,1-2H3,(H,28,34,35). The number of amides is 2. The number of para-hydroxylation sites is 1. The zero-order chi connectivity index (χ0) is 24.7. The molecule has 0 aliphatic carbocycles. The number of fused-ring (bicyclic) bond motifs is 2. The number of hydrogen-bond donors (Lipinski definition) is 2. The molecular weight excluding hydrogens is 466 g/mol. The third-order valence-corrected chi connectivity index (χ3v) is 6.67. The Kier molecular flexibility index (Phi) is 6.19. The van der Waals surface area contributed by atoms with Gasteiger partial charge in [-0.15, -0.1) is 0 Å². The van der Waals surface area contributed by atoms with Crippen molar-refractivity contribution in [3.63, 3.8) is 0 Å². The molecule has 0 atom stereocenters. The Morgan fingerprint density at radius 3 is 2.60 bits per heavy atom. The first kappa shape index (κ1) is 23.3. The number of hydrogen-bond acceptors (Lipinski definition) is 5. The summed E-state index contributed by atoms with van der Waals surface area (Å²) in [7, 11) is 3.86. The van der Waals surface area contributed by atoms with Crippen molar-refractivity contribution in [3.05, 3.63) is 64.9 Å². The lowest BCUT2D eigenvalue weighted by Crippen LogP contribution is -2.24. The molecule has 2 N–H and O–H groups in total. The molecule has 1 aliphatic rings. The van der Waals surface area contributed by atoms with E-state index >= 15 is 0 Å². The van der Waals surface area contributed by atoms with Crippen LogP contribution in [-0.4, -0.2) is 62.9 Å². The number of nitrogens with zero attached hydrogens (tertiary/aromatic N) is 4. The van der Waals surface area contributed by atoms with Crippen molar-refractivity contribution in [3.8, 4) is 0 Å². The van der Waals surface area contributed by atoms with Gasteiger partial charge >= 0.3 is 0 Å². The van der Waals surface area contributed by atoms with E-state index in [9.17, 15) is 9.59 Å². The summed E-state index contributed by atoms with van der Waals surface area (Å²) in [6, 6.07) is 13.2. The molecule has 9 heteroatoms. The number of aromatic nitrogens is 3.